The number of furan rings is 1. The summed E-state index contributed by atoms with van der Waals surface area (Å²) in [6.45, 7) is 4.02. The van der Waals surface area contributed by atoms with E-state index in [1.807, 2.05) is 0 Å². The summed E-state index contributed by atoms with van der Waals surface area (Å²) in [6.07, 6.45) is 3.12. The molecule has 0 unspecified atom stereocenters. The largest absolute Gasteiger partial charge is 0.507 e. The number of ether oxygens (including phenoxy) is 1. The van der Waals surface area contributed by atoms with Crippen molar-refractivity contribution in [2.45, 2.75) is 12.6 Å². The van der Waals surface area contributed by atoms with E-state index in [2.05, 4.69) is 6.58 Å². The summed E-state index contributed by atoms with van der Waals surface area (Å²) >= 11 is 6.18. The van der Waals surface area contributed by atoms with Crippen molar-refractivity contribution < 1.29 is 23.8 Å². The fourth-order valence-corrected chi connectivity index (χ4v) is 3.86. The number of hydrogen-bond acceptors (Lipinski definition) is 5. The number of halogens is 1. The number of amides is 1. The first-order valence-electron chi connectivity index (χ1n) is 9.90. The summed E-state index contributed by atoms with van der Waals surface area (Å²) in [5.41, 5.74) is 0.985. The molecule has 1 fully saturated rings. The van der Waals surface area contributed by atoms with Crippen molar-refractivity contribution >= 4 is 29.1 Å². The Morgan fingerprint density at radius 3 is 2.59 bits per heavy atom. The van der Waals surface area contributed by atoms with Gasteiger partial charge in [-0.3, -0.25) is 9.59 Å². The molecule has 0 spiro atoms. The van der Waals surface area contributed by atoms with Crippen LogP contribution in [0.5, 0.6) is 5.75 Å². The zero-order chi connectivity index (χ0) is 22.7. The Bertz CT molecular complexity index is 1180. The highest BCUT2D eigenvalue weighted by Crippen LogP contribution is 2.41. The number of rotatable bonds is 7. The summed E-state index contributed by atoms with van der Waals surface area (Å²) in [5.74, 6) is -0.663. The van der Waals surface area contributed by atoms with Gasteiger partial charge in [0.05, 0.1) is 24.4 Å². The minimum Gasteiger partial charge on any atom is -0.507 e. The van der Waals surface area contributed by atoms with Gasteiger partial charge in [-0.1, -0.05) is 36.4 Å². The highest BCUT2D eigenvalue weighted by molar-refractivity contribution is 6.46. The Balaban J connectivity index is 1.79. The molecule has 1 amide bonds. The van der Waals surface area contributed by atoms with Gasteiger partial charge in [0.2, 0.25) is 0 Å². The molecule has 2 aromatic carbocycles. The van der Waals surface area contributed by atoms with Crippen LogP contribution in [0.3, 0.4) is 0 Å². The molecule has 4 rings (SSSR count). The Kier molecular flexibility index (Phi) is 6.14. The third-order valence-corrected chi connectivity index (χ3v) is 5.34. The first-order chi connectivity index (χ1) is 15.5. The van der Waals surface area contributed by atoms with E-state index >= 15 is 0 Å². The SMILES string of the molecule is C=CCOc1ccc(C(O)=C2C(=O)C(=O)N(Cc3ccco3)[C@H]2c2cccc(Cl)c2)cc1. The van der Waals surface area contributed by atoms with Crippen LogP contribution in [0.15, 0.2) is 89.6 Å². The van der Waals surface area contributed by atoms with Gasteiger partial charge >= 0.3 is 0 Å². The van der Waals surface area contributed by atoms with E-state index in [9.17, 15) is 14.7 Å². The summed E-state index contributed by atoms with van der Waals surface area (Å²) in [4.78, 5) is 27.3. The Hall–Kier alpha value is -3.77. The van der Waals surface area contributed by atoms with E-state index in [0.29, 0.717) is 34.3 Å². The van der Waals surface area contributed by atoms with Gasteiger partial charge in [0, 0.05) is 10.6 Å². The molecule has 1 aromatic heterocycles. The van der Waals surface area contributed by atoms with E-state index < -0.39 is 17.7 Å². The first kappa shape index (κ1) is 21.5. The number of benzene rings is 2. The first-order valence-corrected chi connectivity index (χ1v) is 10.3. The molecule has 0 bridgehead atoms. The molecule has 0 aliphatic carbocycles. The molecule has 1 saturated heterocycles. The van der Waals surface area contributed by atoms with E-state index in [-0.39, 0.29) is 17.9 Å². The maximum atomic E-state index is 13.0. The third kappa shape index (κ3) is 4.18. The fourth-order valence-electron chi connectivity index (χ4n) is 3.66. The Morgan fingerprint density at radius 2 is 1.94 bits per heavy atom. The van der Waals surface area contributed by atoms with Crippen molar-refractivity contribution in [1.29, 1.82) is 0 Å². The van der Waals surface area contributed by atoms with Gasteiger partial charge in [-0.15, -0.1) is 0 Å². The van der Waals surface area contributed by atoms with Gasteiger partial charge in [0.25, 0.3) is 11.7 Å². The minimum absolute atomic E-state index is 0.0106. The molecular weight excluding hydrogens is 430 g/mol. The minimum atomic E-state index is -0.824. The van der Waals surface area contributed by atoms with Crippen LogP contribution in [0.25, 0.3) is 5.76 Å². The molecule has 32 heavy (non-hydrogen) atoms. The number of aliphatic hydroxyl groups excluding tert-OH is 1. The summed E-state index contributed by atoms with van der Waals surface area (Å²) < 4.78 is 10.8. The van der Waals surface area contributed by atoms with Crippen molar-refractivity contribution in [3.8, 4) is 5.75 Å². The smallest absolute Gasteiger partial charge is 0.296 e. The van der Waals surface area contributed by atoms with Gasteiger partial charge in [-0.05, 0) is 54.1 Å². The number of carbonyl (C=O) groups is 2. The second kappa shape index (κ2) is 9.16. The van der Waals surface area contributed by atoms with Crippen LogP contribution in [0, 0.1) is 0 Å². The predicted octanol–water partition coefficient (Wildman–Crippen LogP) is 5.12. The molecule has 1 N–H and O–H groups in total. The molecule has 7 heteroatoms. The van der Waals surface area contributed by atoms with Crippen LogP contribution in [0.1, 0.15) is 22.9 Å². The van der Waals surface area contributed by atoms with Crippen LogP contribution < -0.4 is 4.74 Å². The van der Waals surface area contributed by atoms with Crippen LogP contribution in [-0.2, 0) is 16.1 Å². The van der Waals surface area contributed by atoms with Crippen LogP contribution in [0.4, 0.5) is 0 Å². The zero-order valence-corrected chi connectivity index (χ0v) is 17.8. The quantitative estimate of drug-likeness (QED) is 0.234. The van der Waals surface area contributed by atoms with E-state index in [4.69, 9.17) is 20.8 Å². The lowest BCUT2D eigenvalue weighted by Crippen LogP contribution is -2.29. The van der Waals surface area contributed by atoms with Gasteiger partial charge in [0.1, 0.15) is 23.9 Å². The lowest BCUT2D eigenvalue weighted by Gasteiger charge is -2.24. The van der Waals surface area contributed by atoms with Crippen molar-refractivity contribution in [1.82, 2.24) is 4.90 Å². The normalized spacial score (nSPS) is 17.5. The summed E-state index contributed by atoms with van der Waals surface area (Å²) in [5, 5.41) is 11.5. The number of likely N-dealkylation sites (tertiary alicyclic amines) is 1. The molecular formula is C25H20ClNO5. The predicted molar refractivity (Wildman–Crippen MR) is 120 cm³/mol. The monoisotopic (exact) mass is 449 g/mol. The fraction of sp³-hybridized carbons (Fsp3) is 0.120. The molecule has 1 aliphatic rings. The number of nitrogens with zero attached hydrogens (tertiary/aromatic N) is 1. The Labute approximate surface area is 190 Å². The maximum Gasteiger partial charge on any atom is 0.296 e. The number of aliphatic hydroxyl groups is 1. The lowest BCUT2D eigenvalue weighted by molar-refractivity contribution is -0.140. The standard InChI is InChI=1S/C25H20ClNO5/c1-2-12-31-19-10-8-16(9-11-19)23(28)21-22(17-5-3-6-18(26)14-17)27(25(30)24(21)29)15-20-7-4-13-32-20/h2-11,13-14,22,28H,1,12,15H2/t22-/m0/s1. The van der Waals surface area contributed by atoms with Gasteiger partial charge in [0.15, 0.2) is 0 Å². The third-order valence-electron chi connectivity index (χ3n) is 5.11. The van der Waals surface area contributed by atoms with Crippen LogP contribution >= 0.6 is 11.6 Å². The Morgan fingerprint density at radius 1 is 1.16 bits per heavy atom. The van der Waals surface area contributed by atoms with E-state index in [0.717, 1.165) is 0 Å². The molecule has 0 saturated carbocycles. The second-order valence-corrected chi connectivity index (χ2v) is 7.62. The maximum absolute atomic E-state index is 13.0. The van der Waals surface area contributed by atoms with E-state index in [1.54, 1.807) is 66.7 Å². The number of carbonyl (C=O) groups excluding carboxylic acids is 2. The number of hydrogen-bond donors (Lipinski definition) is 1. The van der Waals surface area contributed by atoms with E-state index in [1.165, 1.54) is 11.2 Å². The second-order valence-electron chi connectivity index (χ2n) is 7.19. The average Bonchev–Trinajstić information content (AvgIpc) is 3.40. The number of Topliss-reactive ketones (excluding diaryl/α,β-unsaturated/α-hetero) is 1. The lowest BCUT2D eigenvalue weighted by atomic mass is 9.95. The van der Waals surface area contributed by atoms with Crippen molar-refractivity contribution in [3.05, 3.63) is 107 Å². The van der Waals surface area contributed by atoms with Crippen molar-refractivity contribution in [3.63, 3.8) is 0 Å². The van der Waals surface area contributed by atoms with Gasteiger partial charge in [-0.25, -0.2) is 0 Å². The molecule has 162 valence electrons. The summed E-state index contributed by atoms with van der Waals surface area (Å²) in [7, 11) is 0. The van der Waals surface area contributed by atoms with Gasteiger partial charge < -0.3 is 19.2 Å². The molecule has 6 nitrogen and oxygen atoms in total. The highest BCUT2D eigenvalue weighted by atomic mass is 35.5. The summed E-state index contributed by atoms with van der Waals surface area (Å²) in [6, 6.07) is 16.1. The van der Waals surface area contributed by atoms with Crippen LogP contribution in [0.2, 0.25) is 5.02 Å². The molecule has 1 atom stereocenters. The van der Waals surface area contributed by atoms with Crippen molar-refractivity contribution in [2.24, 2.45) is 0 Å². The van der Waals surface area contributed by atoms with Crippen molar-refractivity contribution in [2.75, 3.05) is 6.61 Å². The molecule has 3 aromatic rings. The molecule has 1 aliphatic heterocycles. The highest BCUT2D eigenvalue weighted by Gasteiger charge is 2.46. The van der Waals surface area contributed by atoms with Crippen LogP contribution in [-0.4, -0.2) is 28.3 Å². The zero-order valence-electron chi connectivity index (χ0n) is 17.0. The number of ketones is 1. The topological polar surface area (TPSA) is 80.0 Å². The van der Waals surface area contributed by atoms with Gasteiger partial charge in [-0.2, -0.15) is 0 Å². The molecule has 2 heterocycles. The molecule has 0 radical (unpaired) electrons. The average molecular weight is 450 g/mol.